The average Bonchev–Trinajstić information content (AvgIpc) is 3.59. The third-order valence-corrected chi connectivity index (χ3v) is 10.7. The van der Waals surface area contributed by atoms with E-state index in [1.165, 1.54) is 0 Å². The summed E-state index contributed by atoms with van der Waals surface area (Å²) in [5, 5.41) is 43.1. The second-order valence-corrected chi connectivity index (χ2v) is 14.5. The summed E-state index contributed by atoms with van der Waals surface area (Å²) in [7, 11) is 0. The minimum absolute atomic E-state index is 0.0394. The number of hydrogen-bond donors (Lipinski definition) is 7. The Morgan fingerprint density at radius 3 is 2.47 bits per heavy atom. The number of fused-ring (bicyclic) bond motifs is 1. The lowest BCUT2D eigenvalue weighted by atomic mass is 9.87. The number of amides is 4. The highest BCUT2D eigenvalue weighted by atomic mass is 32.2. The smallest absolute Gasteiger partial charge is 0.315 e. The van der Waals surface area contributed by atoms with Crippen molar-refractivity contribution in [1.82, 2.24) is 21.3 Å². The zero-order valence-electron chi connectivity index (χ0n) is 28.2. The molecule has 3 heterocycles. The van der Waals surface area contributed by atoms with Gasteiger partial charge in [0.25, 0.3) is 0 Å². The van der Waals surface area contributed by atoms with Crippen LogP contribution in [0.3, 0.4) is 0 Å². The zero-order valence-corrected chi connectivity index (χ0v) is 29.1. The molecule has 3 aliphatic heterocycles. The van der Waals surface area contributed by atoms with Crippen LogP contribution in [0, 0.1) is 5.92 Å². The standard InChI is InChI=1S/C35H60N4O7S/c1-2-3-7-14-25(40)19-20-29-26(28(41)23-33(44)46-29)15-8-4-5-9-17-31(42)36-21-12-6-13-22-37-32(43)18-11-10-16-30-34-27(24-47-30)38-35(45)39-34/h4,8,19-20,25-30,33-34,40-41,44H,2-3,5-7,9-18,21-24H2,1H3,(H,36,42)(H,37,43)(H2,38,39,45)/b8-4-,20-19+/t25-,26-,27-,28-,29+,30-,33-,34-/m0/s1. The first-order valence-corrected chi connectivity index (χ1v) is 19.1. The Bertz CT molecular complexity index is 999. The molecular weight excluding hydrogens is 620 g/mol. The van der Waals surface area contributed by atoms with Gasteiger partial charge in [-0.05, 0) is 57.8 Å². The Hall–Kier alpha value is -2.12. The van der Waals surface area contributed by atoms with E-state index >= 15 is 0 Å². The molecule has 0 aliphatic carbocycles. The molecule has 0 bridgehead atoms. The van der Waals surface area contributed by atoms with Crippen molar-refractivity contribution in [3.05, 3.63) is 24.3 Å². The molecule has 47 heavy (non-hydrogen) atoms. The van der Waals surface area contributed by atoms with Crippen LogP contribution < -0.4 is 21.3 Å². The molecule has 0 radical (unpaired) electrons. The highest BCUT2D eigenvalue weighted by Crippen LogP contribution is 2.33. The molecule has 3 fully saturated rings. The molecule has 11 nitrogen and oxygen atoms in total. The lowest BCUT2D eigenvalue weighted by Gasteiger charge is -2.36. The van der Waals surface area contributed by atoms with E-state index in [-0.39, 0.29) is 42.3 Å². The topological polar surface area (TPSA) is 169 Å². The van der Waals surface area contributed by atoms with E-state index in [9.17, 15) is 29.7 Å². The Kier molecular flexibility index (Phi) is 18.8. The van der Waals surface area contributed by atoms with Crippen LogP contribution in [0.2, 0.25) is 0 Å². The van der Waals surface area contributed by atoms with Crippen LogP contribution in [-0.4, -0.2) is 93.9 Å². The van der Waals surface area contributed by atoms with Crippen molar-refractivity contribution >= 4 is 29.6 Å². The minimum atomic E-state index is -1.02. The van der Waals surface area contributed by atoms with Crippen LogP contribution in [0.25, 0.3) is 0 Å². The van der Waals surface area contributed by atoms with Crippen LogP contribution in [0.4, 0.5) is 4.79 Å². The summed E-state index contributed by atoms with van der Waals surface area (Å²) >= 11 is 1.90. The zero-order chi connectivity index (χ0) is 33.9. The molecule has 7 N–H and O–H groups in total. The van der Waals surface area contributed by atoms with Crippen LogP contribution >= 0.6 is 11.8 Å². The Morgan fingerprint density at radius 2 is 1.72 bits per heavy atom. The quantitative estimate of drug-likeness (QED) is 0.0486. The van der Waals surface area contributed by atoms with Crippen molar-refractivity contribution in [3.8, 4) is 0 Å². The Labute approximate surface area is 285 Å². The highest BCUT2D eigenvalue weighted by Gasteiger charge is 2.42. The molecule has 3 saturated heterocycles. The van der Waals surface area contributed by atoms with E-state index in [1.807, 2.05) is 23.9 Å². The number of ether oxygens (including phenoxy) is 1. The third kappa shape index (κ3) is 15.3. The molecule has 8 atom stereocenters. The second kappa shape index (κ2) is 22.5. The van der Waals surface area contributed by atoms with Crippen LogP contribution in [0.1, 0.15) is 110 Å². The maximum absolute atomic E-state index is 12.2. The lowest BCUT2D eigenvalue weighted by Crippen LogP contribution is -2.43. The van der Waals surface area contributed by atoms with Crippen molar-refractivity contribution in [3.63, 3.8) is 0 Å². The molecule has 0 saturated carbocycles. The highest BCUT2D eigenvalue weighted by molar-refractivity contribution is 8.00. The SMILES string of the molecule is CCCCC[C@H](O)/C=C/[C@H]1O[C@H](O)C[C@H](O)[C@@H]1C/C=C\CCCC(=O)NCCCCCNC(=O)CCCC[C@@H]1SC[C@@H]2NC(=O)N[C@@H]21. The van der Waals surface area contributed by atoms with E-state index in [4.69, 9.17) is 4.74 Å². The first-order chi connectivity index (χ1) is 22.8. The molecule has 0 unspecified atom stereocenters. The molecule has 0 aromatic rings. The van der Waals surface area contributed by atoms with Crippen molar-refractivity contribution in [2.24, 2.45) is 5.92 Å². The van der Waals surface area contributed by atoms with Crippen LogP contribution in [0.5, 0.6) is 0 Å². The molecule has 0 aromatic heterocycles. The number of thioether (sulfide) groups is 1. The molecule has 268 valence electrons. The number of urea groups is 1. The number of aliphatic hydroxyl groups is 3. The summed E-state index contributed by atoms with van der Waals surface area (Å²) in [5.41, 5.74) is 0. The van der Waals surface area contributed by atoms with Crippen molar-refractivity contribution in [1.29, 1.82) is 0 Å². The number of hydrogen-bond acceptors (Lipinski definition) is 8. The van der Waals surface area contributed by atoms with Gasteiger partial charge >= 0.3 is 6.03 Å². The van der Waals surface area contributed by atoms with Gasteiger partial charge < -0.3 is 41.3 Å². The first kappa shape index (κ1) is 39.3. The number of carbonyl (C=O) groups excluding carboxylic acids is 3. The van der Waals surface area contributed by atoms with Crippen molar-refractivity contribution in [2.45, 2.75) is 152 Å². The van der Waals surface area contributed by atoms with Gasteiger partial charge in [0.15, 0.2) is 6.29 Å². The molecule has 3 aliphatic rings. The summed E-state index contributed by atoms with van der Waals surface area (Å²) in [4.78, 5) is 35.8. The van der Waals surface area contributed by atoms with Gasteiger partial charge in [0.1, 0.15) is 0 Å². The molecule has 4 amide bonds. The van der Waals surface area contributed by atoms with Gasteiger partial charge in [-0.25, -0.2) is 4.79 Å². The second-order valence-electron chi connectivity index (χ2n) is 13.2. The van der Waals surface area contributed by atoms with E-state index in [2.05, 4.69) is 28.2 Å². The van der Waals surface area contributed by atoms with E-state index in [1.54, 1.807) is 12.2 Å². The number of unbranched alkanes of at least 4 members (excludes halogenated alkanes) is 6. The predicted molar refractivity (Wildman–Crippen MR) is 186 cm³/mol. The molecule has 0 spiro atoms. The van der Waals surface area contributed by atoms with Gasteiger partial charge in [0, 0.05) is 49.3 Å². The van der Waals surface area contributed by atoms with Gasteiger partial charge in [-0.15, -0.1) is 0 Å². The van der Waals surface area contributed by atoms with E-state index in [0.717, 1.165) is 76.4 Å². The first-order valence-electron chi connectivity index (χ1n) is 18.0. The number of rotatable bonds is 23. The fourth-order valence-electron chi connectivity index (χ4n) is 6.44. The van der Waals surface area contributed by atoms with Crippen molar-refractivity contribution in [2.75, 3.05) is 18.8 Å². The number of carbonyl (C=O) groups is 3. The van der Waals surface area contributed by atoms with Crippen LogP contribution in [-0.2, 0) is 14.3 Å². The summed E-state index contributed by atoms with van der Waals surface area (Å²) in [5.74, 6) is 0.881. The molecule has 0 aromatic carbocycles. The summed E-state index contributed by atoms with van der Waals surface area (Å²) < 4.78 is 5.66. The summed E-state index contributed by atoms with van der Waals surface area (Å²) in [6, 6.07) is 0.405. The van der Waals surface area contributed by atoms with Crippen molar-refractivity contribution < 1.29 is 34.4 Å². The largest absolute Gasteiger partial charge is 0.393 e. The average molecular weight is 681 g/mol. The Morgan fingerprint density at radius 1 is 0.979 bits per heavy atom. The predicted octanol–water partition coefficient (Wildman–Crippen LogP) is 3.81. The maximum Gasteiger partial charge on any atom is 0.315 e. The van der Waals surface area contributed by atoms with Gasteiger partial charge in [0.05, 0.1) is 30.4 Å². The minimum Gasteiger partial charge on any atom is -0.393 e. The number of aliphatic hydroxyl groups excluding tert-OH is 3. The fourth-order valence-corrected chi connectivity index (χ4v) is 7.98. The van der Waals surface area contributed by atoms with Gasteiger partial charge in [0.2, 0.25) is 11.8 Å². The van der Waals surface area contributed by atoms with E-state index in [0.29, 0.717) is 44.0 Å². The van der Waals surface area contributed by atoms with Gasteiger partial charge in [-0.2, -0.15) is 11.8 Å². The normalized spacial score (nSPS) is 27.9. The summed E-state index contributed by atoms with van der Waals surface area (Å²) in [6.07, 6.45) is 17.4. The van der Waals surface area contributed by atoms with Crippen LogP contribution in [0.15, 0.2) is 24.3 Å². The summed E-state index contributed by atoms with van der Waals surface area (Å²) in [6.45, 7) is 3.41. The Balaban J connectivity index is 1.15. The third-order valence-electron chi connectivity index (χ3n) is 9.23. The number of nitrogens with one attached hydrogen (secondary N) is 4. The monoisotopic (exact) mass is 680 g/mol. The maximum atomic E-state index is 12.2. The van der Waals surface area contributed by atoms with E-state index < -0.39 is 24.6 Å². The molecular formula is C35H60N4O7S. The van der Waals surface area contributed by atoms with Gasteiger partial charge in [-0.1, -0.05) is 56.9 Å². The van der Waals surface area contributed by atoms with Gasteiger partial charge in [-0.3, -0.25) is 9.59 Å². The number of allylic oxidation sites excluding steroid dienone is 2. The lowest BCUT2D eigenvalue weighted by molar-refractivity contribution is -0.199. The molecule has 3 rings (SSSR count). The fraction of sp³-hybridized carbons (Fsp3) is 0.800. The molecule has 12 heteroatoms.